The summed E-state index contributed by atoms with van der Waals surface area (Å²) >= 11 is 0. The Kier molecular flexibility index (Phi) is 2.04. The minimum absolute atomic E-state index is 0.217. The lowest BCUT2D eigenvalue weighted by atomic mass is 10.3. The topological polar surface area (TPSA) is 46.3 Å². The van der Waals surface area contributed by atoms with Crippen molar-refractivity contribution in [1.29, 1.82) is 0 Å². The quantitative estimate of drug-likeness (QED) is 0.684. The van der Waals surface area contributed by atoms with E-state index in [4.69, 9.17) is 4.52 Å². The molecule has 2 rings (SSSR count). The molecule has 1 amide bonds. The molecule has 0 spiro atoms. The molecule has 1 aromatic heterocycles. The van der Waals surface area contributed by atoms with Crippen LogP contribution < -0.4 is 0 Å². The molecule has 0 unspecified atom stereocenters. The fraction of sp³-hybridized carbons (Fsp3) is 0.556. The van der Waals surface area contributed by atoms with E-state index in [0.717, 1.165) is 24.4 Å². The lowest BCUT2D eigenvalue weighted by Crippen LogP contribution is -2.23. The highest BCUT2D eigenvalue weighted by atomic mass is 16.5. The van der Waals surface area contributed by atoms with Crippen molar-refractivity contribution in [2.45, 2.75) is 26.3 Å². The van der Waals surface area contributed by atoms with Crippen LogP contribution in [0, 0.1) is 6.92 Å². The van der Waals surface area contributed by atoms with Crippen LogP contribution in [0.25, 0.3) is 0 Å². The Morgan fingerprint density at radius 2 is 2.54 bits per heavy atom. The third-order valence-corrected chi connectivity index (χ3v) is 2.19. The average molecular weight is 180 g/mol. The molecule has 4 heteroatoms. The SMILES string of the molecule is Cc1cc(CN2CCCC2=O)on1. The van der Waals surface area contributed by atoms with Crippen molar-refractivity contribution in [1.82, 2.24) is 10.1 Å². The zero-order valence-electron chi connectivity index (χ0n) is 7.62. The minimum Gasteiger partial charge on any atom is -0.359 e. The molecule has 4 nitrogen and oxygen atoms in total. The van der Waals surface area contributed by atoms with E-state index in [1.165, 1.54) is 0 Å². The smallest absolute Gasteiger partial charge is 0.223 e. The number of carbonyl (C=O) groups excluding carboxylic acids is 1. The second kappa shape index (κ2) is 3.20. The van der Waals surface area contributed by atoms with Crippen molar-refractivity contribution in [3.63, 3.8) is 0 Å². The monoisotopic (exact) mass is 180 g/mol. The third-order valence-electron chi connectivity index (χ3n) is 2.19. The first-order valence-electron chi connectivity index (χ1n) is 4.45. The van der Waals surface area contributed by atoms with Crippen LogP contribution in [0.2, 0.25) is 0 Å². The highest BCUT2D eigenvalue weighted by Crippen LogP contribution is 2.14. The Morgan fingerprint density at radius 1 is 1.69 bits per heavy atom. The Balaban J connectivity index is 2.01. The first-order valence-corrected chi connectivity index (χ1v) is 4.45. The van der Waals surface area contributed by atoms with Gasteiger partial charge >= 0.3 is 0 Å². The van der Waals surface area contributed by atoms with Crippen molar-refractivity contribution >= 4 is 5.91 Å². The van der Waals surface area contributed by atoms with Crippen molar-refractivity contribution in [3.05, 3.63) is 17.5 Å². The van der Waals surface area contributed by atoms with Crippen molar-refractivity contribution in [3.8, 4) is 0 Å². The number of hydrogen-bond acceptors (Lipinski definition) is 3. The van der Waals surface area contributed by atoms with Crippen LogP contribution in [0.4, 0.5) is 0 Å². The summed E-state index contributed by atoms with van der Waals surface area (Å²) in [6.07, 6.45) is 1.64. The van der Waals surface area contributed by atoms with Crippen LogP contribution in [-0.4, -0.2) is 22.5 Å². The van der Waals surface area contributed by atoms with E-state index in [1.807, 2.05) is 13.0 Å². The Bertz CT molecular complexity index is 319. The maximum atomic E-state index is 11.2. The summed E-state index contributed by atoms with van der Waals surface area (Å²) in [6.45, 7) is 3.29. The highest BCUT2D eigenvalue weighted by molar-refractivity contribution is 5.77. The summed E-state index contributed by atoms with van der Waals surface area (Å²) in [7, 11) is 0. The molecular weight excluding hydrogens is 168 g/mol. The Morgan fingerprint density at radius 3 is 3.08 bits per heavy atom. The van der Waals surface area contributed by atoms with Gasteiger partial charge in [-0.15, -0.1) is 0 Å². The summed E-state index contributed by atoms with van der Waals surface area (Å²) < 4.78 is 5.03. The van der Waals surface area contributed by atoms with E-state index >= 15 is 0 Å². The molecule has 1 fully saturated rings. The fourth-order valence-corrected chi connectivity index (χ4v) is 1.55. The van der Waals surface area contributed by atoms with Gasteiger partial charge in [-0.3, -0.25) is 4.79 Å². The Hall–Kier alpha value is -1.32. The molecule has 0 aliphatic carbocycles. The number of carbonyl (C=O) groups is 1. The first-order chi connectivity index (χ1) is 6.25. The van der Waals surface area contributed by atoms with E-state index in [1.54, 1.807) is 4.90 Å². The van der Waals surface area contributed by atoms with Crippen LogP contribution in [0.3, 0.4) is 0 Å². The highest BCUT2D eigenvalue weighted by Gasteiger charge is 2.21. The van der Waals surface area contributed by atoms with Gasteiger partial charge in [-0.25, -0.2) is 0 Å². The van der Waals surface area contributed by atoms with E-state index in [2.05, 4.69) is 5.16 Å². The van der Waals surface area contributed by atoms with Crippen LogP contribution in [0.1, 0.15) is 24.3 Å². The number of nitrogens with zero attached hydrogens (tertiary/aromatic N) is 2. The van der Waals surface area contributed by atoms with Gasteiger partial charge in [-0.1, -0.05) is 5.16 Å². The number of aryl methyl sites for hydroxylation is 1. The molecule has 1 aliphatic rings. The molecule has 1 aromatic rings. The maximum absolute atomic E-state index is 11.2. The van der Waals surface area contributed by atoms with Crippen LogP contribution >= 0.6 is 0 Å². The molecule has 1 saturated heterocycles. The van der Waals surface area contributed by atoms with E-state index in [0.29, 0.717) is 13.0 Å². The number of amides is 1. The maximum Gasteiger partial charge on any atom is 0.223 e. The molecule has 0 aromatic carbocycles. The van der Waals surface area contributed by atoms with Crippen LogP contribution in [-0.2, 0) is 11.3 Å². The summed E-state index contributed by atoms with van der Waals surface area (Å²) in [6, 6.07) is 1.87. The minimum atomic E-state index is 0.217. The molecule has 1 aliphatic heterocycles. The van der Waals surface area contributed by atoms with E-state index in [9.17, 15) is 4.79 Å². The van der Waals surface area contributed by atoms with Gasteiger partial charge < -0.3 is 9.42 Å². The van der Waals surface area contributed by atoms with Gasteiger partial charge in [0, 0.05) is 19.0 Å². The first kappa shape index (κ1) is 8.29. The van der Waals surface area contributed by atoms with Gasteiger partial charge in [0.05, 0.1) is 12.2 Å². The van der Waals surface area contributed by atoms with Gasteiger partial charge in [-0.05, 0) is 13.3 Å². The predicted octanol–water partition coefficient (Wildman–Crippen LogP) is 1.11. The number of hydrogen-bond donors (Lipinski definition) is 0. The predicted molar refractivity (Wildman–Crippen MR) is 45.9 cm³/mol. The summed E-state index contributed by atoms with van der Waals surface area (Å²) in [5.41, 5.74) is 0.863. The molecule has 0 radical (unpaired) electrons. The fourth-order valence-electron chi connectivity index (χ4n) is 1.55. The second-order valence-electron chi connectivity index (χ2n) is 3.35. The molecule has 2 heterocycles. The molecule has 0 N–H and O–H groups in total. The standard InChI is InChI=1S/C9H12N2O2/c1-7-5-8(13-10-7)6-11-4-2-3-9(11)12/h5H,2-4,6H2,1H3. The normalized spacial score (nSPS) is 17.0. The van der Waals surface area contributed by atoms with E-state index in [-0.39, 0.29) is 5.91 Å². The summed E-state index contributed by atoms with van der Waals surface area (Å²) in [4.78, 5) is 13.1. The van der Waals surface area contributed by atoms with Gasteiger partial charge in [0.1, 0.15) is 0 Å². The lowest BCUT2D eigenvalue weighted by Gasteiger charge is -2.12. The average Bonchev–Trinajstić information content (AvgIpc) is 2.64. The molecule has 0 saturated carbocycles. The van der Waals surface area contributed by atoms with Crippen LogP contribution in [0.15, 0.2) is 10.6 Å². The zero-order valence-corrected chi connectivity index (χ0v) is 7.62. The second-order valence-corrected chi connectivity index (χ2v) is 3.35. The lowest BCUT2D eigenvalue weighted by molar-refractivity contribution is -0.128. The molecule has 0 bridgehead atoms. The van der Waals surface area contributed by atoms with Crippen molar-refractivity contribution in [2.75, 3.05) is 6.54 Å². The van der Waals surface area contributed by atoms with Crippen molar-refractivity contribution < 1.29 is 9.32 Å². The van der Waals surface area contributed by atoms with Gasteiger partial charge in [0.2, 0.25) is 5.91 Å². The number of likely N-dealkylation sites (tertiary alicyclic amines) is 1. The van der Waals surface area contributed by atoms with Crippen LogP contribution in [0.5, 0.6) is 0 Å². The number of rotatable bonds is 2. The molecule has 0 atom stereocenters. The molecule has 13 heavy (non-hydrogen) atoms. The summed E-state index contributed by atoms with van der Waals surface area (Å²) in [5, 5.41) is 3.77. The van der Waals surface area contributed by atoms with Gasteiger partial charge in [0.25, 0.3) is 0 Å². The van der Waals surface area contributed by atoms with Crippen molar-refractivity contribution in [2.24, 2.45) is 0 Å². The van der Waals surface area contributed by atoms with Gasteiger partial charge in [0.15, 0.2) is 5.76 Å². The van der Waals surface area contributed by atoms with E-state index < -0.39 is 0 Å². The number of aromatic nitrogens is 1. The molecular formula is C9H12N2O2. The largest absolute Gasteiger partial charge is 0.359 e. The third kappa shape index (κ3) is 1.71. The molecule has 70 valence electrons. The zero-order chi connectivity index (χ0) is 9.26. The van der Waals surface area contributed by atoms with Gasteiger partial charge in [-0.2, -0.15) is 0 Å². The summed E-state index contributed by atoms with van der Waals surface area (Å²) in [5.74, 6) is 0.988. The Labute approximate surface area is 76.5 Å².